The number of piperidine rings is 1. The lowest BCUT2D eigenvalue weighted by Crippen LogP contribution is -2.49. The van der Waals surface area contributed by atoms with Crippen LogP contribution < -0.4 is 15.8 Å². The zero-order valence-electron chi connectivity index (χ0n) is 17.4. The van der Waals surface area contributed by atoms with E-state index < -0.39 is 47.2 Å². The number of aromatic nitrogens is 3. The maximum absolute atomic E-state index is 14.2. The monoisotopic (exact) mass is 478 g/mol. The third kappa shape index (κ3) is 4.77. The minimum absolute atomic E-state index is 0.0398. The van der Waals surface area contributed by atoms with E-state index in [1.54, 1.807) is 0 Å². The van der Waals surface area contributed by atoms with Crippen molar-refractivity contribution >= 4 is 17.7 Å². The van der Waals surface area contributed by atoms with Gasteiger partial charge in [-0.3, -0.25) is 0 Å². The van der Waals surface area contributed by atoms with Crippen LogP contribution in [0.4, 0.5) is 34.0 Å². The summed E-state index contributed by atoms with van der Waals surface area (Å²) in [4.78, 5) is 24.5. The number of nitrogens with one attached hydrogen (secondary N) is 1. The highest BCUT2D eigenvalue weighted by molar-refractivity contribution is 5.67. The van der Waals surface area contributed by atoms with E-state index in [-0.39, 0.29) is 42.6 Å². The van der Waals surface area contributed by atoms with E-state index in [2.05, 4.69) is 20.3 Å². The van der Waals surface area contributed by atoms with Gasteiger partial charge in [0.2, 0.25) is 17.6 Å². The third-order valence-corrected chi connectivity index (χ3v) is 5.07. The lowest BCUT2D eigenvalue weighted by molar-refractivity contribution is 0.102. The number of amides is 1. The number of likely N-dealkylation sites (tertiary alicyclic amines) is 1. The first kappa shape index (κ1) is 23.0. The molecule has 3 aromatic rings. The van der Waals surface area contributed by atoms with Crippen LogP contribution in [-0.4, -0.2) is 56.4 Å². The predicted molar refractivity (Wildman–Crippen MR) is 113 cm³/mol. The minimum Gasteiger partial charge on any atom is -0.465 e. The molecule has 178 valence electrons. The quantitative estimate of drug-likeness (QED) is 0.287. The number of halogens is 4. The van der Waals surface area contributed by atoms with Crippen molar-refractivity contribution in [1.29, 1.82) is 0 Å². The van der Waals surface area contributed by atoms with Gasteiger partial charge in [0.15, 0.2) is 17.4 Å². The predicted octanol–water partition coefficient (Wildman–Crippen LogP) is 3.83. The number of nitrogens with two attached hydrogens (primary N) is 1. The molecule has 1 aliphatic rings. The molecule has 13 heteroatoms. The van der Waals surface area contributed by atoms with Gasteiger partial charge in [0.05, 0.1) is 17.8 Å². The van der Waals surface area contributed by atoms with Crippen LogP contribution in [-0.2, 0) is 0 Å². The van der Waals surface area contributed by atoms with Crippen LogP contribution in [0, 0.1) is 17.5 Å². The fourth-order valence-corrected chi connectivity index (χ4v) is 3.49. The topological polar surface area (TPSA) is 126 Å². The summed E-state index contributed by atoms with van der Waals surface area (Å²) < 4.78 is 61.1. The molecule has 34 heavy (non-hydrogen) atoms. The van der Waals surface area contributed by atoms with Gasteiger partial charge in [-0.15, -0.1) is 0 Å². The van der Waals surface area contributed by atoms with E-state index in [1.807, 2.05) is 0 Å². The van der Waals surface area contributed by atoms with E-state index in [0.29, 0.717) is 6.07 Å². The Bertz CT molecular complexity index is 1230. The molecule has 0 unspecified atom stereocenters. The molecule has 4 N–H and O–H groups in total. The smallest absolute Gasteiger partial charge is 0.407 e. The van der Waals surface area contributed by atoms with Gasteiger partial charge in [-0.1, -0.05) is 0 Å². The second kappa shape index (κ2) is 9.37. The van der Waals surface area contributed by atoms with E-state index in [1.165, 1.54) is 30.6 Å². The zero-order chi connectivity index (χ0) is 24.4. The van der Waals surface area contributed by atoms with Crippen molar-refractivity contribution in [1.82, 2.24) is 19.9 Å². The van der Waals surface area contributed by atoms with Crippen LogP contribution in [0.3, 0.4) is 0 Å². The molecule has 0 spiro atoms. The molecule has 9 nitrogen and oxygen atoms in total. The van der Waals surface area contributed by atoms with Gasteiger partial charge in [0, 0.05) is 37.5 Å². The molecule has 4 rings (SSSR count). The molecule has 1 aliphatic heterocycles. The molecule has 1 amide bonds. The molecule has 0 radical (unpaired) electrons. The van der Waals surface area contributed by atoms with Crippen molar-refractivity contribution in [2.24, 2.45) is 0 Å². The highest BCUT2D eigenvalue weighted by atomic mass is 19.2. The van der Waals surface area contributed by atoms with E-state index in [9.17, 15) is 22.4 Å². The van der Waals surface area contributed by atoms with Crippen LogP contribution >= 0.6 is 0 Å². The first-order valence-electron chi connectivity index (χ1n) is 10.0. The van der Waals surface area contributed by atoms with Gasteiger partial charge in [-0.2, -0.15) is 4.39 Å². The summed E-state index contributed by atoms with van der Waals surface area (Å²) in [6.07, 6.45) is 0.190. The number of hydrogen-bond donors (Lipinski definition) is 3. The number of benzene rings is 1. The number of pyridine rings is 1. The average Bonchev–Trinajstić information content (AvgIpc) is 2.81. The fourth-order valence-electron chi connectivity index (χ4n) is 3.49. The van der Waals surface area contributed by atoms with E-state index in [0.717, 1.165) is 4.90 Å². The Labute approximate surface area is 190 Å². The van der Waals surface area contributed by atoms with Crippen LogP contribution in [0.1, 0.15) is 6.42 Å². The Morgan fingerprint density at radius 2 is 1.97 bits per heavy atom. The van der Waals surface area contributed by atoms with Gasteiger partial charge in [0.25, 0.3) is 0 Å². The van der Waals surface area contributed by atoms with Crippen molar-refractivity contribution in [3.05, 3.63) is 54.1 Å². The minimum atomic E-state index is -1.59. The Hall–Kier alpha value is -4.16. The number of nitrogen functional groups attached to an aromatic ring is 1. The lowest BCUT2D eigenvalue weighted by Gasteiger charge is -2.33. The summed E-state index contributed by atoms with van der Waals surface area (Å²) in [7, 11) is 0. The summed E-state index contributed by atoms with van der Waals surface area (Å²) >= 11 is 0. The highest BCUT2D eigenvalue weighted by Crippen LogP contribution is 2.34. The molecular formula is C21H18F4N6O3. The van der Waals surface area contributed by atoms with E-state index >= 15 is 0 Å². The number of ether oxygens (including phenoxy) is 1. The maximum Gasteiger partial charge on any atom is 0.407 e. The molecule has 1 fully saturated rings. The molecule has 0 aliphatic carbocycles. The van der Waals surface area contributed by atoms with Gasteiger partial charge < -0.3 is 25.8 Å². The number of rotatable bonds is 5. The van der Waals surface area contributed by atoms with Crippen LogP contribution in [0.15, 0.2) is 36.7 Å². The molecular weight excluding hydrogens is 460 g/mol. The summed E-state index contributed by atoms with van der Waals surface area (Å²) in [6.45, 7) is -0.175. The number of nitrogens with zero attached hydrogens (tertiary/aromatic N) is 4. The van der Waals surface area contributed by atoms with Gasteiger partial charge in [0.1, 0.15) is 11.9 Å². The third-order valence-electron chi connectivity index (χ3n) is 5.07. The Kier molecular flexibility index (Phi) is 6.34. The molecule has 0 bridgehead atoms. The second-order valence-corrected chi connectivity index (χ2v) is 7.48. The summed E-state index contributed by atoms with van der Waals surface area (Å²) in [5, 5.41) is 12.1. The largest absolute Gasteiger partial charge is 0.465 e. The van der Waals surface area contributed by atoms with Crippen LogP contribution in [0.25, 0.3) is 11.3 Å². The van der Waals surface area contributed by atoms with Gasteiger partial charge in [-0.05, 0) is 18.2 Å². The maximum atomic E-state index is 14.2. The molecule has 2 atom stereocenters. The summed E-state index contributed by atoms with van der Waals surface area (Å²) in [6, 6.07) is 4.58. The van der Waals surface area contributed by atoms with Gasteiger partial charge in [-0.25, -0.2) is 32.9 Å². The second-order valence-electron chi connectivity index (χ2n) is 7.48. The van der Waals surface area contributed by atoms with Crippen molar-refractivity contribution in [2.45, 2.75) is 18.6 Å². The van der Waals surface area contributed by atoms with Crippen molar-refractivity contribution < 1.29 is 32.2 Å². The first-order chi connectivity index (χ1) is 16.2. The number of alkyl halides is 1. The number of carbonyl (C=O) groups is 1. The fraction of sp³-hybridized carbons (Fsp3) is 0.238. The average molecular weight is 478 g/mol. The van der Waals surface area contributed by atoms with E-state index in [4.69, 9.17) is 15.6 Å². The molecule has 0 saturated carbocycles. The Morgan fingerprint density at radius 1 is 1.18 bits per heavy atom. The van der Waals surface area contributed by atoms with Crippen molar-refractivity contribution in [2.75, 3.05) is 24.1 Å². The highest BCUT2D eigenvalue weighted by Gasteiger charge is 2.30. The normalized spacial score (nSPS) is 17.9. The lowest BCUT2D eigenvalue weighted by atomic mass is 10.0. The van der Waals surface area contributed by atoms with Crippen molar-refractivity contribution in [3.63, 3.8) is 0 Å². The summed E-state index contributed by atoms with van der Waals surface area (Å²) in [5.41, 5.74) is 4.66. The standard InChI is InChI=1S/C21H18F4N6O3/c22-10-6-11(9-31(8-10)21(32)33)29-20-28-5-3-14(30-20)12-2-1-4-27-19(12)34-15-7-13(23)18(26)17(25)16(15)24/h1-5,7,10-11H,6,8-9,26H2,(H,32,33)(H,28,29,30)/t10-,11-/m0/s1. The number of carboxylic acid groups (broad SMARTS) is 1. The molecule has 2 aromatic heterocycles. The number of anilines is 2. The summed E-state index contributed by atoms with van der Waals surface area (Å²) in [5.74, 6) is -5.16. The molecule has 1 saturated heterocycles. The Balaban J connectivity index is 1.60. The SMILES string of the molecule is Nc1c(F)cc(Oc2ncccc2-c2ccnc(N[C@H]3C[C@H](F)CN(C(=O)O)C3)n2)c(F)c1F. The Morgan fingerprint density at radius 3 is 2.74 bits per heavy atom. The van der Waals surface area contributed by atoms with Gasteiger partial charge >= 0.3 is 6.09 Å². The number of hydrogen-bond acceptors (Lipinski definition) is 7. The van der Waals surface area contributed by atoms with Crippen LogP contribution in [0.5, 0.6) is 11.6 Å². The zero-order valence-corrected chi connectivity index (χ0v) is 17.4. The molecule has 3 heterocycles. The first-order valence-corrected chi connectivity index (χ1v) is 10.0. The molecule has 1 aromatic carbocycles. The van der Waals surface area contributed by atoms with Crippen LogP contribution in [0.2, 0.25) is 0 Å². The van der Waals surface area contributed by atoms with Crippen molar-refractivity contribution in [3.8, 4) is 22.9 Å².